The highest BCUT2D eigenvalue weighted by molar-refractivity contribution is 4.89. The zero-order valence-electron chi connectivity index (χ0n) is 11.3. The summed E-state index contributed by atoms with van der Waals surface area (Å²) in [5.74, 6) is 0.857. The Labute approximate surface area is 96.2 Å². The smallest absolute Gasteiger partial charge is 0.00925 e. The third-order valence-corrected chi connectivity index (χ3v) is 5.00. The van der Waals surface area contributed by atoms with Crippen LogP contribution in [0.2, 0.25) is 0 Å². The van der Waals surface area contributed by atoms with E-state index in [2.05, 4.69) is 39.6 Å². The van der Waals surface area contributed by atoms with E-state index in [0.717, 1.165) is 12.0 Å². The molecule has 90 valence electrons. The minimum atomic E-state index is 0.658. The molecule has 1 nitrogen and oxygen atoms in total. The number of hydrogen-bond acceptors (Lipinski definition) is 1. The predicted molar refractivity (Wildman–Crippen MR) is 68.1 cm³/mol. The molecule has 1 aliphatic carbocycles. The Hall–Kier alpha value is -0.0400. The summed E-state index contributed by atoms with van der Waals surface area (Å²) in [6.45, 7) is 10.7. The highest BCUT2D eigenvalue weighted by Gasteiger charge is 2.36. The van der Waals surface area contributed by atoms with E-state index in [1.807, 2.05) is 0 Å². The van der Waals surface area contributed by atoms with Crippen molar-refractivity contribution in [1.82, 2.24) is 4.90 Å². The van der Waals surface area contributed by atoms with Gasteiger partial charge in [-0.3, -0.25) is 0 Å². The van der Waals surface area contributed by atoms with E-state index in [4.69, 9.17) is 0 Å². The third kappa shape index (κ3) is 2.75. The fourth-order valence-electron chi connectivity index (χ4n) is 3.22. The molecule has 15 heavy (non-hydrogen) atoms. The molecule has 1 heteroatoms. The van der Waals surface area contributed by atoms with Gasteiger partial charge in [-0.05, 0) is 50.6 Å². The summed E-state index contributed by atoms with van der Waals surface area (Å²) in [4.78, 5) is 2.53. The van der Waals surface area contributed by atoms with Crippen LogP contribution in [0.25, 0.3) is 0 Å². The van der Waals surface area contributed by atoms with Crippen LogP contribution >= 0.6 is 0 Å². The molecule has 0 amide bonds. The fraction of sp³-hybridized carbons (Fsp3) is 1.00. The minimum Gasteiger partial charge on any atom is -0.304 e. The zero-order chi connectivity index (χ0) is 11.5. The maximum Gasteiger partial charge on any atom is 0.00925 e. The number of hydrogen-bond donors (Lipinski definition) is 0. The molecule has 0 aliphatic heterocycles. The average Bonchev–Trinajstić information content (AvgIpc) is 2.28. The lowest BCUT2D eigenvalue weighted by molar-refractivity contribution is 0.0633. The van der Waals surface area contributed by atoms with Gasteiger partial charge >= 0.3 is 0 Å². The van der Waals surface area contributed by atoms with Crippen LogP contribution < -0.4 is 0 Å². The molecule has 0 aromatic rings. The quantitative estimate of drug-likeness (QED) is 0.681. The average molecular weight is 211 g/mol. The van der Waals surface area contributed by atoms with Crippen molar-refractivity contribution < 1.29 is 0 Å². The highest BCUT2D eigenvalue weighted by atomic mass is 15.1. The Morgan fingerprint density at radius 3 is 2.07 bits per heavy atom. The Morgan fingerprint density at radius 1 is 1.20 bits per heavy atom. The Kier molecular flexibility index (Phi) is 4.64. The summed E-state index contributed by atoms with van der Waals surface area (Å²) in [6, 6.07) is 0.855. The zero-order valence-corrected chi connectivity index (χ0v) is 11.3. The van der Waals surface area contributed by atoms with E-state index >= 15 is 0 Å². The second-order valence-corrected chi connectivity index (χ2v) is 5.68. The monoisotopic (exact) mass is 211 g/mol. The van der Waals surface area contributed by atoms with E-state index in [1.165, 1.54) is 38.6 Å². The van der Waals surface area contributed by atoms with Gasteiger partial charge < -0.3 is 4.90 Å². The van der Waals surface area contributed by atoms with Crippen LogP contribution in [0, 0.1) is 11.3 Å². The SMILES string of the molecule is CCN(C)C1CCC(CC)(C(C)C)CC1. The highest BCUT2D eigenvalue weighted by Crippen LogP contribution is 2.45. The van der Waals surface area contributed by atoms with Crippen molar-refractivity contribution >= 4 is 0 Å². The van der Waals surface area contributed by atoms with Gasteiger partial charge in [-0.2, -0.15) is 0 Å². The second kappa shape index (κ2) is 5.34. The largest absolute Gasteiger partial charge is 0.304 e. The van der Waals surface area contributed by atoms with E-state index in [9.17, 15) is 0 Å². The van der Waals surface area contributed by atoms with Gasteiger partial charge in [0.05, 0.1) is 0 Å². The van der Waals surface area contributed by atoms with Crippen molar-refractivity contribution in [3.63, 3.8) is 0 Å². The summed E-state index contributed by atoms with van der Waals surface area (Å²) < 4.78 is 0. The molecule has 0 spiro atoms. The fourth-order valence-corrected chi connectivity index (χ4v) is 3.22. The molecule has 0 saturated heterocycles. The van der Waals surface area contributed by atoms with Gasteiger partial charge in [0.2, 0.25) is 0 Å². The lowest BCUT2D eigenvalue weighted by Gasteiger charge is -2.45. The van der Waals surface area contributed by atoms with Crippen molar-refractivity contribution in [2.45, 2.75) is 65.8 Å². The molecular weight excluding hydrogens is 182 g/mol. The first-order chi connectivity index (χ1) is 7.05. The normalized spacial score (nSPS) is 32.6. The van der Waals surface area contributed by atoms with Gasteiger partial charge in [-0.1, -0.05) is 34.1 Å². The first-order valence-corrected chi connectivity index (χ1v) is 6.76. The van der Waals surface area contributed by atoms with Crippen molar-refractivity contribution in [3.05, 3.63) is 0 Å². The van der Waals surface area contributed by atoms with Gasteiger partial charge in [-0.25, -0.2) is 0 Å². The molecule has 1 aliphatic rings. The Bertz CT molecular complexity index is 178. The molecule has 0 heterocycles. The number of rotatable bonds is 4. The molecule has 0 N–H and O–H groups in total. The minimum absolute atomic E-state index is 0.658. The third-order valence-electron chi connectivity index (χ3n) is 5.00. The molecule has 0 aromatic carbocycles. The lowest BCUT2D eigenvalue weighted by Crippen LogP contribution is -2.40. The first-order valence-electron chi connectivity index (χ1n) is 6.76. The van der Waals surface area contributed by atoms with Crippen LogP contribution in [-0.4, -0.2) is 24.5 Å². The summed E-state index contributed by atoms with van der Waals surface area (Å²) in [5, 5.41) is 0. The topological polar surface area (TPSA) is 3.24 Å². The van der Waals surface area contributed by atoms with Crippen LogP contribution in [-0.2, 0) is 0 Å². The Balaban J connectivity index is 2.53. The van der Waals surface area contributed by atoms with Gasteiger partial charge in [0.15, 0.2) is 0 Å². The molecule has 0 radical (unpaired) electrons. The van der Waals surface area contributed by atoms with Gasteiger partial charge in [0, 0.05) is 6.04 Å². The molecule has 1 rings (SSSR count). The van der Waals surface area contributed by atoms with Crippen molar-refractivity contribution in [2.24, 2.45) is 11.3 Å². The van der Waals surface area contributed by atoms with Gasteiger partial charge in [0.1, 0.15) is 0 Å². The van der Waals surface area contributed by atoms with Gasteiger partial charge in [0.25, 0.3) is 0 Å². The van der Waals surface area contributed by atoms with E-state index in [-0.39, 0.29) is 0 Å². The molecule has 0 atom stereocenters. The maximum atomic E-state index is 2.53. The molecule has 1 saturated carbocycles. The van der Waals surface area contributed by atoms with Crippen LogP contribution in [0.4, 0.5) is 0 Å². The van der Waals surface area contributed by atoms with Crippen LogP contribution in [0.3, 0.4) is 0 Å². The van der Waals surface area contributed by atoms with Crippen LogP contribution in [0.5, 0.6) is 0 Å². The lowest BCUT2D eigenvalue weighted by atomic mass is 9.64. The summed E-state index contributed by atoms with van der Waals surface area (Å²) in [6.07, 6.45) is 7.08. The van der Waals surface area contributed by atoms with Gasteiger partial charge in [-0.15, -0.1) is 0 Å². The maximum absolute atomic E-state index is 2.53. The van der Waals surface area contributed by atoms with Crippen LogP contribution in [0.15, 0.2) is 0 Å². The van der Waals surface area contributed by atoms with Crippen LogP contribution in [0.1, 0.15) is 59.8 Å². The van der Waals surface area contributed by atoms with Crippen molar-refractivity contribution in [2.75, 3.05) is 13.6 Å². The first kappa shape index (κ1) is 13.0. The molecule has 0 bridgehead atoms. The molecule has 1 fully saturated rings. The standard InChI is InChI=1S/C14H29N/c1-6-14(12(3)4)10-8-13(9-11-14)15(5)7-2/h12-13H,6-11H2,1-5H3. The van der Waals surface area contributed by atoms with Crippen molar-refractivity contribution in [1.29, 1.82) is 0 Å². The predicted octanol–water partition coefficient (Wildman–Crippen LogP) is 3.93. The molecular formula is C14H29N. The van der Waals surface area contributed by atoms with E-state index in [0.29, 0.717) is 5.41 Å². The molecule has 0 unspecified atom stereocenters. The molecule has 0 aromatic heterocycles. The van der Waals surface area contributed by atoms with E-state index < -0.39 is 0 Å². The summed E-state index contributed by atoms with van der Waals surface area (Å²) in [5.41, 5.74) is 0.658. The number of nitrogens with zero attached hydrogens (tertiary/aromatic N) is 1. The summed E-state index contributed by atoms with van der Waals surface area (Å²) in [7, 11) is 2.28. The Morgan fingerprint density at radius 2 is 1.73 bits per heavy atom. The van der Waals surface area contributed by atoms with E-state index in [1.54, 1.807) is 0 Å². The van der Waals surface area contributed by atoms with Crippen molar-refractivity contribution in [3.8, 4) is 0 Å². The summed E-state index contributed by atoms with van der Waals surface area (Å²) >= 11 is 0. The second-order valence-electron chi connectivity index (χ2n) is 5.68.